The summed E-state index contributed by atoms with van der Waals surface area (Å²) in [5, 5.41) is 0. The van der Waals surface area contributed by atoms with Crippen LogP contribution in [-0.4, -0.2) is 9.97 Å². The Balaban J connectivity index is 2.23. The highest BCUT2D eigenvalue weighted by molar-refractivity contribution is 5.81. The molecule has 0 saturated heterocycles. The van der Waals surface area contributed by atoms with Gasteiger partial charge in [0.15, 0.2) is 0 Å². The summed E-state index contributed by atoms with van der Waals surface area (Å²) in [4.78, 5) is 7.62. The third-order valence-electron chi connectivity index (χ3n) is 3.23. The molecular weight excluding hydrogens is 227 g/mol. The first-order valence-electron chi connectivity index (χ1n) is 5.87. The van der Waals surface area contributed by atoms with E-state index < -0.39 is 0 Å². The van der Waals surface area contributed by atoms with Gasteiger partial charge in [-0.1, -0.05) is 12.1 Å². The van der Waals surface area contributed by atoms with E-state index in [-0.39, 0.29) is 5.82 Å². The van der Waals surface area contributed by atoms with Crippen molar-refractivity contribution in [2.75, 3.05) is 0 Å². The van der Waals surface area contributed by atoms with E-state index in [1.807, 2.05) is 25.1 Å². The van der Waals surface area contributed by atoms with Crippen LogP contribution in [0.5, 0.6) is 0 Å². The molecule has 0 aliphatic carbocycles. The minimum atomic E-state index is -0.259. The number of aryl methyl sites for hydroxylation is 2. The van der Waals surface area contributed by atoms with Crippen LogP contribution in [-0.2, 0) is 0 Å². The average Bonchev–Trinajstić information content (AvgIpc) is 2.73. The fourth-order valence-electron chi connectivity index (χ4n) is 2.05. The van der Waals surface area contributed by atoms with Gasteiger partial charge in [-0.25, -0.2) is 9.37 Å². The van der Waals surface area contributed by atoms with Gasteiger partial charge in [-0.15, -0.1) is 0 Å². The van der Waals surface area contributed by atoms with Crippen molar-refractivity contribution in [3.8, 4) is 11.4 Å². The van der Waals surface area contributed by atoms with Crippen molar-refractivity contribution < 1.29 is 4.39 Å². The summed E-state index contributed by atoms with van der Waals surface area (Å²) in [7, 11) is 0. The molecule has 2 aromatic carbocycles. The molecular formula is C15H13FN2. The van der Waals surface area contributed by atoms with E-state index in [1.54, 1.807) is 12.1 Å². The molecule has 18 heavy (non-hydrogen) atoms. The molecule has 0 aliphatic heterocycles. The number of benzene rings is 2. The molecule has 0 saturated carbocycles. The maximum atomic E-state index is 13.7. The zero-order chi connectivity index (χ0) is 12.7. The second-order valence-corrected chi connectivity index (χ2v) is 4.52. The molecule has 90 valence electrons. The Hall–Kier alpha value is -2.16. The van der Waals surface area contributed by atoms with Crippen LogP contribution in [0.15, 0.2) is 36.4 Å². The molecule has 3 aromatic rings. The minimum Gasteiger partial charge on any atom is -0.338 e. The van der Waals surface area contributed by atoms with E-state index >= 15 is 0 Å². The Morgan fingerprint density at radius 1 is 1.06 bits per heavy atom. The van der Waals surface area contributed by atoms with Gasteiger partial charge >= 0.3 is 0 Å². The van der Waals surface area contributed by atoms with E-state index in [4.69, 9.17) is 0 Å². The van der Waals surface area contributed by atoms with Crippen LogP contribution in [0.25, 0.3) is 22.4 Å². The standard InChI is InChI=1S/C15H13FN2/c1-9-7-13-14(8-10(9)2)18-15(17-13)11-5-3-4-6-12(11)16/h3-8H,1-2H3,(H,17,18). The second kappa shape index (κ2) is 3.95. The lowest BCUT2D eigenvalue weighted by Gasteiger charge is -1.97. The van der Waals surface area contributed by atoms with Gasteiger partial charge in [0.25, 0.3) is 0 Å². The number of aromatic amines is 1. The molecule has 0 unspecified atom stereocenters. The molecule has 0 aliphatic rings. The number of aromatic nitrogens is 2. The molecule has 0 atom stereocenters. The summed E-state index contributed by atoms with van der Waals surface area (Å²) in [5.74, 6) is 0.318. The Morgan fingerprint density at radius 3 is 2.56 bits per heavy atom. The third kappa shape index (κ3) is 1.68. The predicted octanol–water partition coefficient (Wildman–Crippen LogP) is 3.99. The first-order chi connectivity index (χ1) is 8.65. The van der Waals surface area contributed by atoms with Crippen molar-refractivity contribution in [2.45, 2.75) is 13.8 Å². The second-order valence-electron chi connectivity index (χ2n) is 4.52. The minimum absolute atomic E-state index is 0.259. The smallest absolute Gasteiger partial charge is 0.141 e. The Bertz CT molecular complexity index is 689. The van der Waals surface area contributed by atoms with Crippen LogP contribution in [0, 0.1) is 19.7 Å². The van der Waals surface area contributed by atoms with E-state index in [9.17, 15) is 4.39 Å². The first-order valence-corrected chi connectivity index (χ1v) is 5.87. The van der Waals surface area contributed by atoms with E-state index in [0.29, 0.717) is 11.4 Å². The van der Waals surface area contributed by atoms with Gasteiger partial charge in [0.2, 0.25) is 0 Å². The number of halogens is 1. The molecule has 0 spiro atoms. The van der Waals surface area contributed by atoms with Gasteiger partial charge in [0.1, 0.15) is 11.6 Å². The third-order valence-corrected chi connectivity index (χ3v) is 3.23. The summed E-state index contributed by atoms with van der Waals surface area (Å²) in [6.45, 7) is 4.10. The molecule has 1 heterocycles. The van der Waals surface area contributed by atoms with Crippen LogP contribution in [0.4, 0.5) is 4.39 Å². The summed E-state index contributed by atoms with van der Waals surface area (Å²) in [6, 6.07) is 10.7. The summed E-state index contributed by atoms with van der Waals surface area (Å²) in [6.07, 6.45) is 0. The van der Waals surface area contributed by atoms with Crippen molar-refractivity contribution in [3.05, 3.63) is 53.3 Å². The van der Waals surface area contributed by atoms with Gasteiger partial charge in [-0.05, 0) is 49.2 Å². The molecule has 0 fully saturated rings. The number of rotatable bonds is 1. The molecule has 0 amide bonds. The molecule has 3 rings (SSSR count). The largest absolute Gasteiger partial charge is 0.338 e. The van der Waals surface area contributed by atoms with Gasteiger partial charge in [-0.3, -0.25) is 0 Å². The van der Waals surface area contributed by atoms with Crippen LogP contribution >= 0.6 is 0 Å². The SMILES string of the molecule is Cc1cc2nc(-c3ccccc3F)[nH]c2cc1C. The van der Waals surface area contributed by atoms with Crippen LogP contribution in [0.3, 0.4) is 0 Å². The van der Waals surface area contributed by atoms with Crippen molar-refractivity contribution in [3.63, 3.8) is 0 Å². The highest BCUT2D eigenvalue weighted by Crippen LogP contribution is 2.24. The highest BCUT2D eigenvalue weighted by Gasteiger charge is 2.09. The summed E-state index contributed by atoms with van der Waals surface area (Å²) in [5.41, 5.74) is 4.71. The van der Waals surface area contributed by atoms with E-state index in [2.05, 4.69) is 16.9 Å². The van der Waals surface area contributed by atoms with Crippen LogP contribution < -0.4 is 0 Å². The first kappa shape index (κ1) is 11.0. The van der Waals surface area contributed by atoms with Crippen molar-refractivity contribution in [1.29, 1.82) is 0 Å². The molecule has 0 radical (unpaired) electrons. The lowest BCUT2D eigenvalue weighted by atomic mass is 10.1. The number of fused-ring (bicyclic) bond motifs is 1. The van der Waals surface area contributed by atoms with Crippen molar-refractivity contribution in [2.24, 2.45) is 0 Å². The number of hydrogen-bond acceptors (Lipinski definition) is 1. The van der Waals surface area contributed by atoms with Crippen LogP contribution in [0.1, 0.15) is 11.1 Å². The Kier molecular flexibility index (Phi) is 2.40. The van der Waals surface area contributed by atoms with E-state index in [0.717, 1.165) is 11.0 Å². The summed E-state index contributed by atoms with van der Waals surface area (Å²) >= 11 is 0. The number of nitrogens with zero attached hydrogens (tertiary/aromatic N) is 1. The maximum Gasteiger partial charge on any atom is 0.141 e. The number of hydrogen-bond donors (Lipinski definition) is 1. The lowest BCUT2D eigenvalue weighted by molar-refractivity contribution is 0.630. The van der Waals surface area contributed by atoms with Gasteiger partial charge in [0.05, 0.1) is 16.6 Å². The maximum absolute atomic E-state index is 13.7. The predicted molar refractivity (Wildman–Crippen MR) is 71.0 cm³/mol. The molecule has 3 heteroatoms. The Morgan fingerprint density at radius 2 is 1.78 bits per heavy atom. The zero-order valence-electron chi connectivity index (χ0n) is 10.3. The molecule has 0 bridgehead atoms. The van der Waals surface area contributed by atoms with Gasteiger partial charge in [0, 0.05) is 0 Å². The summed E-state index contributed by atoms with van der Waals surface area (Å²) < 4.78 is 13.7. The van der Waals surface area contributed by atoms with Crippen molar-refractivity contribution >= 4 is 11.0 Å². The zero-order valence-corrected chi connectivity index (χ0v) is 10.3. The Labute approximate surface area is 104 Å². The van der Waals surface area contributed by atoms with Crippen LogP contribution in [0.2, 0.25) is 0 Å². The molecule has 1 aromatic heterocycles. The normalized spacial score (nSPS) is 11.1. The number of imidazole rings is 1. The average molecular weight is 240 g/mol. The number of H-pyrrole nitrogens is 1. The fraction of sp³-hybridized carbons (Fsp3) is 0.133. The highest BCUT2D eigenvalue weighted by atomic mass is 19.1. The molecule has 2 nitrogen and oxygen atoms in total. The molecule has 1 N–H and O–H groups in total. The fourth-order valence-corrected chi connectivity index (χ4v) is 2.05. The van der Waals surface area contributed by atoms with Crippen molar-refractivity contribution in [1.82, 2.24) is 9.97 Å². The monoisotopic (exact) mass is 240 g/mol. The number of nitrogens with one attached hydrogen (secondary N) is 1. The van der Waals surface area contributed by atoms with Gasteiger partial charge < -0.3 is 4.98 Å². The topological polar surface area (TPSA) is 28.7 Å². The quantitative estimate of drug-likeness (QED) is 0.684. The lowest BCUT2D eigenvalue weighted by Crippen LogP contribution is -1.84. The van der Waals surface area contributed by atoms with E-state index in [1.165, 1.54) is 17.2 Å². The van der Waals surface area contributed by atoms with Gasteiger partial charge in [-0.2, -0.15) is 0 Å².